The number of halogens is 1. The molecule has 164 valence electrons. The van der Waals surface area contributed by atoms with Gasteiger partial charge in [0.25, 0.3) is 0 Å². The van der Waals surface area contributed by atoms with Crippen molar-refractivity contribution in [2.45, 2.75) is 50.2 Å². The van der Waals surface area contributed by atoms with Crippen LogP contribution in [0.2, 0.25) is 0 Å². The molecule has 2 aromatic carbocycles. The summed E-state index contributed by atoms with van der Waals surface area (Å²) in [6, 6.07) is 12.2. The number of anilines is 1. The maximum Gasteiger partial charge on any atom is 0.185 e. The molecule has 1 fully saturated rings. The highest BCUT2D eigenvalue weighted by Gasteiger charge is 2.34. The smallest absolute Gasteiger partial charge is 0.185 e. The zero-order chi connectivity index (χ0) is 22.2. The molecule has 1 aliphatic rings. The summed E-state index contributed by atoms with van der Waals surface area (Å²) >= 11 is 5.16. The van der Waals surface area contributed by atoms with Crippen LogP contribution in [0.5, 0.6) is 0 Å². The van der Waals surface area contributed by atoms with Crippen molar-refractivity contribution in [1.29, 1.82) is 0 Å². The Balaban J connectivity index is 1.44. The summed E-state index contributed by atoms with van der Waals surface area (Å²) < 4.78 is 27.8. The zero-order valence-electron chi connectivity index (χ0n) is 18.1. The Labute approximate surface area is 197 Å². The van der Waals surface area contributed by atoms with Gasteiger partial charge in [-0.05, 0) is 62.4 Å². The van der Waals surface area contributed by atoms with E-state index in [2.05, 4.69) is 38.3 Å². The van der Waals surface area contributed by atoms with Crippen LogP contribution in [-0.4, -0.2) is 31.7 Å². The lowest BCUT2D eigenvalue weighted by molar-refractivity contribution is 0.528. The van der Waals surface area contributed by atoms with Crippen molar-refractivity contribution in [3.05, 3.63) is 74.2 Å². The molecule has 4 nitrogen and oxygen atoms in total. The van der Waals surface area contributed by atoms with Crippen LogP contribution in [-0.2, 0) is 16.3 Å². The van der Waals surface area contributed by atoms with E-state index >= 15 is 0 Å². The molecule has 1 saturated heterocycles. The van der Waals surface area contributed by atoms with Crippen LogP contribution in [0.15, 0.2) is 51.1 Å². The number of aromatic nitrogens is 1. The summed E-state index contributed by atoms with van der Waals surface area (Å²) in [6.45, 7) is 7.26. The van der Waals surface area contributed by atoms with Crippen molar-refractivity contribution in [2.75, 3.05) is 18.0 Å². The van der Waals surface area contributed by atoms with Gasteiger partial charge in [-0.1, -0.05) is 45.8 Å². The van der Waals surface area contributed by atoms with Gasteiger partial charge in [0, 0.05) is 29.4 Å². The third-order valence-electron chi connectivity index (χ3n) is 5.85. The lowest BCUT2D eigenvalue weighted by Crippen LogP contribution is -2.39. The number of hydrogen-bond acceptors (Lipinski definition) is 5. The molecule has 4 rings (SSSR count). The predicted octanol–water partition coefficient (Wildman–Crippen LogP) is 5.86. The Hall–Kier alpha value is -1.70. The Morgan fingerprint density at radius 3 is 2.42 bits per heavy atom. The van der Waals surface area contributed by atoms with Gasteiger partial charge in [-0.15, -0.1) is 11.3 Å². The van der Waals surface area contributed by atoms with E-state index in [1.54, 1.807) is 11.3 Å². The largest absolute Gasteiger partial charge is 0.348 e. The minimum atomic E-state index is -3.33. The van der Waals surface area contributed by atoms with E-state index < -0.39 is 9.84 Å². The molecular formula is C24H27BrN2O2S2. The summed E-state index contributed by atoms with van der Waals surface area (Å²) in [6.07, 6.45) is 2.07. The van der Waals surface area contributed by atoms with Gasteiger partial charge in [-0.25, -0.2) is 13.4 Å². The van der Waals surface area contributed by atoms with E-state index in [-0.39, 0.29) is 5.25 Å². The number of thiazole rings is 1. The van der Waals surface area contributed by atoms with E-state index in [1.165, 1.54) is 5.56 Å². The summed E-state index contributed by atoms with van der Waals surface area (Å²) in [7, 11) is -3.33. The van der Waals surface area contributed by atoms with Crippen molar-refractivity contribution in [3.8, 4) is 0 Å². The maximum absolute atomic E-state index is 13.4. The highest BCUT2D eigenvalue weighted by Crippen LogP contribution is 2.32. The van der Waals surface area contributed by atoms with E-state index in [4.69, 9.17) is 4.98 Å². The van der Waals surface area contributed by atoms with Crippen LogP contribution in [0.4, 0.5) is 5.13 Å². The quantitative estimate of drug-likeness (QED) is 0.424. The zero-order valence-corrected chi connectivity index (χ0v) is 21.3. The van der Waals surface area contributed by atoms with Crippen molar-refractivity contribution in [2.24, 2.45) is 0 Å². The standard InChI is InChI=1S/C24H27BrN2O2S2/c1-16-11-17(2)23(18(3)12-16)31(28,29)22-7-9-27(10-8-22)24-26-21(15-30-24)14-19-5-4-6-20(25)13-19/h4-6,11-13,15,22H,7-10,14H2,1-3H3. The Bertz CT molecular complexity index is 1170. The molecule has 1 aromatic heterocycles. The monoisotopic (exact) mass is 518 g/mol. The van der Waals surface area contributed by atoms with Crippen LogP contribution in [0.3, 0.4) is 0 Å². The fraction of sp³-hybridized carbons (Fsp3) is 0.375. The minimum Gasteiger partial charge on any atom is -0.348 e. The van der Waals surface area contributed by atoms with Crippen LogP contribution in [0.1, 0.15) is 40.8 Å². The van der Waals surface area contributed by atoms with Crippen molar-refractivity contribution < 1.29 is 8.42 Å². The maximum atomic E-state index is 13.4. The molecular weight excluding hydrogens is 492 g/mol. The molecule has 0 atom stereocenters. The Kier molecular flexibility index (Phi) is 6.56. The number of rotatable bonds is 5. The summed E-state index contributed by atoms with van der Waals surface area (Å²) in [5.74, 6) is 0. The number of benzene rings is 2. The average molecular weight is 520 g/mol. The van der Waals surface area contributed by atoms with E-state index in [1.807, 2.05) is 45.0 Å². The highest BCUT2D eigenvalue weighted by molar-refractivity contribution is 9.10. The summed E-state index contributed by atoms with van der Waals surface area (Å²) in [5.41, 5.74) is 5.10. The number of piperidine rings is 1. The lowest BCUT2D eigenvalue weighted by atomic mass is 10.1. The Morgan fingerprint density at radius 2 is 1.77 bits per heavy atom. The number of sulfone groups is 1. The fourth-order valence-corrected chi connectivity index (χ4v) is 8.02. The van der Waals surface area contributed by atoms with E-state index in [9.17, 15) is 8.42 Å². The Morgan fingerprint density at radius 1 is 1.10 bits per heavy atom. The molecule has 0 saturated carbocycles. The van der Waals surface area contributed by atoms with Gasteiger partial charge in [0.05, 0.1) is 15.8 Å². The normalized spacial score (nSPS) is 15.4. The molecule has 0 spiro atoms. The lowest BCUT2D eigenvalue weighted by Gasteiger charge is -2.32. The van der Waals surface area contributed by atoms with Gasteiger partial charge in [-0.3, -0.25) is 0 Å². The molecule has 2 heterocycles. The van der Waals surface area contributed by atoms with Crippen molar-refractivity contribution in [3.63, 3.8) is 0 Å². The molecule has 0 radical (unpaired) electrons. The first-order chi connectivity index (χ1) is 14.7. The molecule has 3 aromatic rings. The average Bonchev–Trinajstić information content (AvgIpc) is 3.15. The van der Waals surface area contributed by atoms with Gasteiger partial charge >= 0.3 is 0 Å². The first kappa shape index (κ1) is 22.5. The highest BCUT2D eigenvalue weighted by atomic mass is 79.9. The predicted molar refractivity (Wildman–Crippen MR) is 132 cm³/mol. The van der Waals surface area contributed by atoms with E-state index in [0.29, 0.717) is 17.7 Å². The molecule has 0 aliphatic carbocycles. The SMILES string of the molecule is Cc1cc(C)c(S(=O)(=O)C2CCN(c3nc(Cc4cccc(Br)c4)cs3)CC2)c(C)c1. The number of nitrogens with zero attached hydrogens (tertiary/aromatic N) is 2. The first-order valence-corrected chi connectivity index (χ1v) is 13.7. The third kappa shape index (κ3) is 4.89. The summed E-state index contributed by atoms with van der Waals surface area (Å²) in [5, 5.41) is 2.77. The molecule has 7 heteroatoms. The van der Waals surface area contributed by atoms with Crippen molar-refractivity contribution >= 4 is 42.2 Å². The minimum absolute atomic E-state index is 0.329. The molecule has 1 aliphatic heterocycles. The number of aryl methyl sites for hydroxylation is 3. The van der Waals surface area contributed by atoms with Crippen molar-refractivity contribution in [1.82, 2.24) is 4.98 Å². The van der Waals surface area contributed by atoms with Gasteiger partial charge in [-0.2, -0.15) is 0 Å². The topological polar surface area (TPSA) is 50.3 Å². The van der Waals surface area contributed by atoms with E-state index in [0.717, 1.165) is 51.5 Å². The second-order valence-electron chi connectivity index (χ2n) is 8.39. The van der Waals surface area contributed by atoms with Gasteiger partial charge in [0.15, 0.2) is 15.0 Å². The van der Waals surface area contributed by atoms with Crippen LogP contribution in [0, 0.1) is 20.8 Å². The van der Waals surface area contributed by atoms with Crippen LogP contribution in [0.25, 0.3) is 0 Å². The second-order valence-corrected chi connectivity index (χ2v) is 12.3. The third-order valence-corrected chi connectivity index (χ3v) is 9.86. The first-order valence-electron chi connectivity index (χ1n) is 10.5. The van der Waals surface area contributed by atoms with Gasteiger partial charge in [0.2, 0.25) is 0 Å². The van der Waals surface area contributed by atoms with Gasteiger partial charge < -0.3 is 4.90 Å². The van der Waals surface area contributed by atoms with Crippen LogP contribution >= 0.6 is 27.3 Å². The van der Waals surface area contributed by atoms with Crippen LogP contribution < -0.4 is 4.90 Å². The second kappa shape index (κ2) is 9.04. The number of hydrogen-bond donors (Lipinski definition) is 0. The van der Waals surface area contributed by atoms with Gasteiger partial charge in [0.1, 0.15) is 0 Å². The molecule has 31 heavy (non-hydrogen) atoms. The fourth-order valence-electron chi connectivity index (χ4n) is 4.52. The molecule has 0 amide bonds. The molecule has 0 N–H and O–H groups in total. The summed E-state index contributed by atoms with van der Waals surface area (Å²) in [4.78, 5) is 7.58. The molecule has 0 bridgehead atoms. The molecule has 0 unspecified atom stereocenters.